The van der Waals surface area contributed by atoms with Crippen LogP contribution in [0, 0.1) is 20.8 Å². The maximum Gasteiger partial charge on any atom is 0.377 e. The van der Waals surface area contributed by atoms with Gasteiger partial charge in [0, 0.05) is 24.2 Å². The van der Waals surface area contributed by atoms with Crippen molar-refractivity contribution in [2.24, 2.45) is 0 Å². The number of aromatic nitrogens is 2. The maximum atomic E-state index is 5.35. The third kappa shape index (κ3) is 1.53. The van der Waals surface area contributed by atoms with E-state index in [1.54, 1.807) is 4.68 Å². The molecule has 0 saturated heterocycles. The lowest BCUT2D eigenvalue weighted by molar-refractivity contribution is -0.667. The zero-order valence-electron chi connectivity index (χ0n) is 8.61. The Hall–Kier alpha value is -1.64. The molecule has 0 saturated carbocycles. The first-order chi connectivity index (χ1) is 6.66. The number of nitrogens with zero attached hydrogens (tertiary/aromatic N) is 2. The van der Waals surface area contributed by atoms with Crippen molar-refractivity contribution < 1.29 is 9.10 Å². The standard InChI is InChI=1S/C11H13N2O/c1-8-4-6-11(7-5-8)13-10(3)14-9(2)12-13/h4-7H,1-3H3/q+1. The van der Waals surface area contributed by atoms with Crippen LogP contribution in [0.1, 0.15) is 17.3 Å². The first-order valence-corrected chi connectivity index (χ1v) is 4.60. The Morgan fingerprint density at radius 2 is 1.71 bits per heavy atom. The Kier molecular flexibility index (Phi) is 2.08. The molecule has 72 valence electrons. The van der Waals surface area contributed by atoms with E-state index < -0.39 is 0 Å². The average molecular weight is 189 g/mol. The quantitative estimate of drug-likeness (QED) is 0.641. The Morgan fingerprint density at radius 3 is 2.21 bits per heavy atom. The molecule has 0 amide bonds. The summed E-state index contributed by atoms with van der Waals surface area (Å²) >= 11 is 0. The second kappa shape index (κ2) is 3.25. The first-order valence-electron chi connectivity index (χ1n) is 4.60. The van der Waals surface area contributed by atoms with Crippen LogP contribution in [0.25, 0.3) is 5.69 Å². The molecule has 0 fully saturated rings. The Morgan fingerprint density at radius 1 is 1.07 bits per heavy atom. The Bertz CT molecular complexity index is 443. The molecule has 0 aliphatic carbocycles. The van der Waals surface area contributed by atoms with E-state index >= 15 is 0 Å². The first kappa shape index (κ1) is 8.94. The highest BCUT2D eigenvalue weighted by Crippen LogP contribution is 2.04. The molecule has 3 heteroatoms. The van der Waals surface area contributed by atoms with Gasteiger partial charge in [0.2, 0.25) is 5.69 Å². The van der Waals surface area contributed by atoms with Crippen molar-refractivity contribution in [2.45, 2.75) is 20.8 Å². The van der Waals surface area contributed by atoms with E-state index in [1.807, 2.05) is 26.0 Å². The Balaban J connectivity index is 2.49. The summed E-state index contributed by atoms with van der Waals surface area (Å²) in [6.07, 6.45) is 0. The lowest BCUT2D eigenvalue weighted by atomic mass is 10.2. The van der Waals surface area contributed by atoms with Crippen LogP contribution < -0.4 is 4.68 Å². The van der Waals surface area contributed by atoms with Gasteiger partial charge in [-0.15, -0.1) is 0 Å². The molecule has 3 nitrogen and oxygen atoms in total. The van der Waals surface area contributed by atoms with Gasteiger partial charge >= 0.3 is 5.89 Å². The summed E-state index contributed by atoms with van der Waals surface area (Å²) in [7, 11) is 0. The van der Waals surface area contributed by atoms with Gasteiger partial charge in [0.05, 0.1) is 6.92 Å². The highest BCUT2D eigenvalue weighted by atomic mass is 16.4. The third-order valence-corrected chi connectivity index (χ3v) is 2.11. The van der Waals surface area contributed by atoms with E-state index in [0.717, 1.165) is 11.6 Å². The molecule has 0 N–H and O–H groups in total. The maximum absolute atomic E-state index is 5.35. The smallest absolute Gasteiger partial charge is 0.377 e. The molecule has 0 aliphatic rings. The van der Waals surface area contributed by atoms with Crippen LogP contribution in [0.2, 0.25) is 0 Å². The summed E-state index contributed by atoms with van der Waals surface area (Å²) < 4.78 is 7.15. The van der Waals surface area contributed by atoms with Crippen LogP contribution in [0.5, 0.6) is 0 Å². The molecule has 0 aliphatic heterocycles. The lowest BCUT2D eigenvalue weighted by Crippen LogP contribution is -2.35. The van der Waals surface area contributed by atoms with Gasteiger partial charge in [-0.25, -0.2) is 0 Å². The van der Waals surface area contributed by atoms with Crippen LogP contribution in [0.15, 0.2) is 28.7 Å². The largest absolute Gasteiger partial charge is 0.386 e. The van der Waals surface area contributed by atoms with Gasteiger partial charge in [-0.3, -0.25) is 0 Å². The van der Waals surface area contributed by atoms with Crippen molar-refractivity contribution in [1.29, 1.82) is 0 Å². The topological polar surface area (TPSA) is 29.9 Å². The molecule has 0 bridgehead atoms. The zero-order valence-corrected chi connectivity index (χ0v) is 8.61. The minimum Gasteiger partial charge on any atom is -0.386 e. The molecule has 1 aromatic heterocycles. The number of hydrogen-bond acceptors (Lipinski definition) is 2. The summed E-state index contributed by atoms with van der Waals surface area (Å²) in [4.78, 5) is 0. The molecule has 0 atom stereocenters. The highest BCUT2D eigenvalue weighted by Gasteiger charge is 2.17. The number of aryl methyl sites for hydroxylation is 3. The fourth-order valence-electron chi connectivity index (χ4n) is 1.41. The van der Waals surface area contributed by atoms with Gasteiger partial charge in [0.1, 0.15) is 0 Å². The summed E-state index contributed by atoms with van der Waals surface area (Å²) in [5, 5.41) is 4.26. The molecule has 1 heterocycles. The number of rotatable bonds is 1. The molecule has 0 radical (unpaired) electrons. The van der Waals surface area contributed by atoms with Gasteiger partial charge in [0.25, 0.3) is 5.89 Å². The molecule has 2 rings (SSSR count). The summed E-state index contributed by atoms with van der Waals surface area (Å²) in [5.41, 5.74) is 2.28. The van der Waals surface area contributed by atoms with Crippen molar-refractivity contribution in [3.63, 3.8) is 0 Å². The van der Waals surface area contributed by atoms with E-state index in [4.69, 9.17) is 4.42 Å². The van der Waals surface area contributed by atoms with Crippen LogP contribution >= 0.6 is 0 Å². The monoisotopic (exact) mass is 189 g/mol. The number of hydrogen-bond donors (Lipinski definition) is 0. The second-order valence-electron chi connectivity index (χ2n) is 3.39. The van der Waals surface area contributed by atoms with Crippen molar-refractivity contribution in [3.8, 4) is 5.69 Å². The molecule has 14 heavy (non-hydrogen) atoms. The van der Waals surface area contributed by atoms with Crippen molar-refractivity contribution in [1.82, 2.24) is 5.10 Å². The molecular formula is C11H13N2O+. The van der Waals surface area contributed by atoms with Crippen LogP contribution in [-0.2, 0) is 0 Å². The van der Waals surface area contributed by atoms with E-state index in [9.17, 15) is 0 Å². The van der Waals surface area contributed by atoms with Gasteiger partial charge in [-0.05, 0) is 11.6 Å². The van der Waals surface area contributed by atoms with E-state index in [2.05, 4.69) is 24.2 Å². The van der Waals surface area contributed by atoms with Crippen molar-refractivity contribution in [2.75, 3.05) is 0 Å². The minimum absolute atomic E-state index is 0.683. The summed E-state index contributed by atoms with van der Waals surface area (Å²) in [6.45, 7) is 5.81. The molecule has 0 spiro atoms. The second-order valence-corrected chi connectivity index (χ2v) is 3.39. The lowest BCUT2D eigenvalue weighted by Gasteiger charge is -1.90. The predicted octanol–water partition coefficient (Wildman–Crippen LogP) is 1.88. The van der Waals surface area contributed by atoms with E-state index in [1.165, 1.54) is 5.56 Å². The predicted molar refractivity (Wildman–Crippen MR) is 52.2 cm³/mol. The molecule has 0 unspecified atom stereocenters. The molecular weight excluding hydrogens is 176 g/mol. The van der Waals surface area contributed by atoms with Gasteiger partial charge in [-0.1, -0.05) is 17.7 Å². The minimum atomic E-state index is 0.683. The fraction of sp³-hybridized carbons (Fsp3) is 0.273. The fourth-order valence-corrected chi connectivity index (χ4v) is 1.41. The van der Waals surface area contributed by atoms with Crippen LogP contribution in [0.3, 0.4) is 0 Å². The highest BCUT2D eigenvalue weighted by molar-refractivity contribution is 5.26. The Labute approximate surface area is 83.0 Å². The van der Waals surface area contributed by atoms with Gasteiger partial charge in [-0.2, -0.15) is 0 Å². The SMILES string of the molecule is Cc1ccc(-[n+]2nc(C)oc2C)cc1. The average Bonchev–Trinajstić information content (AvgIpc) is 2.47. The van der Waals surface area contributed by atoms with Crippen molar-refractivity contribution >= 4 is 0 Å². The van der Waals surface area contributed by atoms with Gasteiger partial charge in [0.15, 0.2) is 0 Å². The molecule has 1 aromatic carbocycles. The van der Waals surface area contributed by atoms with E-state index in [-0.39, 0.29) is 0 Å². The van der Waals surface area contributed by atoms with Crippen LogP contribution in [-0.4, -0.2) is 5.10 Å². The van der Waals surface area contributed by atoms with Gasteiger partial charge < -0.3 is 4.42 Å². The van der Waals surface area contributed by atoms with Crippen molar-refractivity contribution in [3.05, 3.63) is 41.6 Å². The van der Waals surface area contributed by atoms with Crippen LogP contribution in [0.4, 0.5) is 0 Å². The summed E-state index contributed by atoms with van der Waals surface area (Å²) in [6, 6.07) is 8.19. The summed E-state index contributed by atoms with van der Waals surface area (Å²) in [5.74, 6) is 1.48. The van der Waals surface area contributed by atoms with E-state index in [0.29, 0.717) is 5.89 Å². The normalized spacial score (nSPS) is 10.5. The number of benzene rings is 1. The molecule has 2 aromatic rings. The third-order valence-electron chi connectivity index (χ3n) is 2.11. The zero-order chi connectivity index (χ0) is 10.1.